The number of nitrogens with zero attached hydrogens (tertiary/aromatic N) is 4. The zero-order chi connectivity index (χ0) is 18.0. The SMILES string of the molecule is CCN(c1ccc(C#N)c(Cl)c1)c1cc(-c2ccnn2C)ccc1C. The molecule has 0 radical (unpaired) electrons. The van der Waals surface area contributed by atoms with E-state index in [0.29, 0.717) is 10.6 Å². The quantitative estimate of drug-likeness (QED) is 0.659. The number of aromatic nitrogens is 2. The molecule has 3 aromatic rings. The van der Waals surface area contributed by atoms with Crippen molar-refractivity contribution >= 4 is 23.0 Å². The van der Waals surface area contributed by atoms with Gasteiger partial charge in [0, 0.05) is 36.7 Å². The third-order valence-corrected chi connectivity index (χ3v) is 4.63. The molecule has 0 unspecified atom stereocenters. The lowest BCUT2D eigenvalue weighted by atomic mass is 10.1. The second kappa shape index (κ2) is 7.00. The maximum atomic E-state index is 9.08. The van der Waals surface area contributed by atoms with Gasteiger partial charge in [-0.1, -0.05) is 23.7 Å². The first-order valence-electron chi connectivity index (χ1n) is 8.11. The van der Waals surface area contributed by atoms with E-state index in [9.17, 15) is 0 Å². The molecule has 0 aliphatic carbocycles. The summed E-state index contributed by atoms with van der Waals surface area (Å²) in [7, 11) is 1.94. The Morgan fingerprint density at radius 3 is 2.60 bits per heavy atom. The molecule has 0 amide bonds. The highest BCUT2D eigenvalue weighted by Gasteiger charge is 2.14. The van der Waals surface area contributed by atoms with Gasteiger partial charge in [-0.2, -0.15) is 10.4 Å². The van der Waals surface area contributed by atoms with Crippen molar-refractivity contribution in [3.05, 3.63) is 64.8 Å². The normalized spacial score (nSPS) is 10.5. The molecule has 25 heavy (non-hydrogen) atoms. The molecule has 2 aromatic carbocycles. The van der Waals surface area contributed by atoms with E-state index in [1.807, 2.05) is 29.9 Å². The summed E-state index contributed by atoms with van der Waals surface area (Å²) in [5, 5.41) is 13.8. The summed E-state index contributed by atoms with van der Waals surface area (Å²) in [6.07, 6.45) is 1.80. The van der Waals surface area contributed by atoms with Crippen molar-refractivity contribution in [2.24, 2.45) is 7.05 Å². The largest absolute Gasteiger partial charge is 0.341 e. The molecule has 1 aromatic heterocycles. The first-order valence-corrected chi connectivity index (χ1v) is 8.49. The number of halogens is 1. The van der Waals surface area contributed by atoms with Crippen LogP contribution in [-0.2, 0) is 7.05 Å². The number of anilines is 2. The topological polar surface area (TPSA) is 44.9 Å². The standard InChI is InChI=1S/C20H19ClN4/c1-4-25(17-8-7-16(13-22)18(21)12-17)20-11-15(6-5-14(20)2)19-9-10-23-24(19)3/h5-12H,4H2,1-3H3. The van der Waals surface area contributed by atoms with Crippen LogP contribution in [0.5, 0.6) is 0 Å². The van der Waals surface area contributed by atoms with Gasteiger partial charge in [-0.15, -0.1) is 0 Å². The molecule has 126 valence electrons. The Bertz CT molecular complexity index is 953. The first-order chi connectivity index (χ1) is 12.0. The van der Waals surface area contributed by atoms with E-state index >= 15 is 0 Å². The van der Waals surface area contributed by atoms with Gasteiger partial charge in [0.25, 0.3) is 0 Å². The van der Waals surface area contributed by atoms with Crippen LogP contribution >= 0.6 is 11.6 Å². The van der Waals surface area contributed by atoms with Gasteiger partial charge in [-0.25, -0.2) is 0 Å². The van der Waals surface area contributed by atoms with Gasteiger partial charge in [0.05, 0.1) is 16.3 Å². The number of hydrogen-bond donors (Lipinski definition) is 0. The Kier molecular flexibility index (Phi) is 4.78. The summed E-state index contributed by atoms with van der Waals surface area (Å²) in [5.74, 6) is 0. The van der Waals surface area contributed by atoms with Crippen molar-refractivity contribution in [1.82, 2.24) is 9.78 Å². The molecule has 0 aliphatic rings. The van der Waals surface area contributed by atoms with Gasteiger partial charge in [0.2, 0.25) is 0 Å². The van der Waals surface area contributed by atoms with Crippen molar-refractivity contribution in [3.63, 3.8) is 0 Å². The van der Waals surface area contributed by atoms with Gasteiger partial charge in [0.15, 0.2) is 0 Å². The molecule has 0 saturated heterocycles. The number of nitriles is 1. The molecule has 0 atom stereocenters. The molecule has 5 heteroatoms. The minimum atomic E-state index is 0.471. The molecule has 1 heterocycles. The highest BCUT2D eigenvalue weighted by molar-refractivity contribution is 6.32. The van der Waals surface area contributed by atoms with E-state index in [2.05, 4.69) is 48.1 Å². The second-order valence-electron chi connectivity index (χ2n) is 5.86. The second-order valence-corrected chi connectivity index (χ2v) is 6.27. The lowest BCUT2D eigenvalue weighted by Crippen LogP contribution is -2.17. The molecule has 0 fully saturated rings. The Morgan fingerprint density at radius 1 is 1.20 bits per heavy atom. The Hall–Kier alpha value is -2.77. The van der Waals surface area contributed by atoms with Gasteiger partial charge < -0.3 is 4.90 Å². The fourth-order valence-corrected chi connectivity index (χ4v) is 3.19. The van der Waals surface area contributed by atoms with Crippen molar-refractivity contribution in [2.75, 3.05) is 11.4 Å². The van der Waals surface area contributed by atoms with Gasteiger partial charge >= 0.3 is 0 Å². The fourth-order valence-electron chi connectivity index (χ4n) is 2.97. The van der Waals surface area contributed by atoms with Crippen LogP contribution in [0.15, 0.2) is 48.7 Å². The maximum absolute atomic E-state index is 9.08. The fraction of sp³-hybridized carbons (Fsp3) is 0.200. The van der Waals surface area contributed by atoms with E-state index in [4.69, 9.17) is 16.9 Å². The zero-order valence-electron chi connectivity index (χ0n) is 14.5. The van der Waals surface area contributed by atoms with Crippen molar-refractivity contribution < 1.29 is 0 Å². The van der Waals surface area contributed by atoms with Crippen LogP contribution in [0.4, 0.5) is 11.4 Å². The van der Waals surface area contributed by atoms with Crippen LogP contribution in [0.2, 0.25) is 5.02 Å². The lowest BCUT2D eigenvalue weighted by molar-refractivity contribution is 0.776. The van der Waals surface area contributed by atoms with Crippen LogP contribution in [0, 0.1) is 18.3 Å². The molecular formula is C20H19ClN4. The van der Waals surface area contributed by atoms with Gasteiger partial charge in [0.1, 0.15) is 6.07 Å². The molecule has 0 saturated carbocycles. The molecule has 4 nitrogen and oxygen atoms in total. The predicted octanol–water partition coefficient (Wildman–Crippen LogP) is 5.08. The summed E-state index contributed by atoms with van der Waals surface area (Å²) in [6, 6.07) is 16.0. The lowest BCUT2D eigenvalue weighted by Gasteiger charge is -2.26. The van der Waals surface area contributed by atoms with E-state index in [-0.39, 0.29) is 0 Å². The van der Waals surface area contributed by atoms with Crippen LogP contribution < -0.4 is 4.90 Å². The Labute approximate surface area is 152 Å². The molecule has 0 aliphatic heterocycles. The molecule has 0 spiro atoms. The van der Waals surface area contributed by atoms with Crippen molar-refractivity contribution in [3.8, 4) is 17.3 Å². The first kappa shape index (κ1) is 17.1. The Morgan fingerprint density at radius 2 is 2.00 bits per heavy atom. The minimum absolute atomic E-state index is 0.471. The van der Waals surface area contributed by atoms with Gasteiger partial charge in [-0.3, -0.25) is 4.68 Å². The summed E-state index contributed by atoms with van der Waals surface area (Å²) in [6.45, 7) is 4.98. The Balaban J connectivity index is 2.08. The van der Waals surface area contributed by atoms with Crippen LogP contribution in [0.3, 0.4) is 0 Å². The summed E-state index contributed by atoms with van der Waals surface area (Å²) >= 11 is 6.23. The molecule has 0 N–H and O–H groups in total. The number of aryl methyl sites for hydroxylation is 2. The predicted molar refractivity (Wildman–Crippen MR) is 102 cm³/mol. The van der Waals surface area contributed by atoms with Gasteiger partial charge in [-0.05, 0) is 49.7 Å². The van der Waals surface area contributed by atoms with Crippen molar-refractivity contribution in [2.45, 2.75) is 13.8 Å². The summed E-state index contributed by atoms with van der Waals surface area (Å²) < 4.78 is 1.86. The molecule has 0 bridgehead atoms. The van der Waals surface area contributed by atoms with E-state index in [1.165, 1.54) is 5.56 Å². The summed E-state index contributed by atoms with van der Waals surface area (Å²) in [5.41, 5.74) is 5.92. The van der Waals surface area contributed by atoms with E-state index < -0.39 is 0 Å². The highest BCUT2D eigenvalue weighted by Crippen LogP contribution is 2.34. The number of benzene rings is 2. The van der Waals surface area contributed by atoms with Crippen molar-refractivity contribution in [1.29, 1.82) is 5.26 Å². The minimum Gasteiger partial charge on any atom is -0.341 e. The monoisotopic (exact) mass is 350 g/mol. The van der Waals surface area contributed by atoms with Crippen LogP contribution in [-0.4, -0.2) is 16.3 Å². The van der Waals surface area contributed by atoms with E-state index in [0.717, 1.165) is 29.2 Å². The maximum Gasteiger partial charge on any atom is 0.101 e. The van der Waals surface area contributed by atoms with Crippen LogP contribution in [0.25, 0.3) is 11.3 Å². The third-order valence-electron chi connectivity index (χ3n) is 4.32. The smallest absolute Gasteiger partial charge is 0.101 e. The number of rotatable bonds is 4. The highest BCUT2D eigenvalue weighted by atomic mass is 35.5. The molecule has 3 rings (SSSR count). The van der Waals surface area contributed by atoms with E-state index in [1.54, 1.807) is 12.3 Å². The third kappa shape index (κ3) is 3.24. The average Bonchev–Trinajstić information content (AvgIpc) is 3.03. The average molecular weight is 351 g/mol. The molecular weight excluding hydrogens is 332 g/mol. The van der Waals surface area contributed by atoms with Crippen LogP contribution in [0.1, 0.15) is 18.1 Å². The zero-order valence-corrected chi connectivity index (χ0v) is 15.2. The summed E-state index contributed by atoms with van der Waals surface area (Å²) in [4.78, 5) is 2.20. The number of hydrogen-bond acceptors (Lipinski definition) is 3.